The molecule has 1 aromatic heterocycles. The van der Waals surface area contributed by atoms with Crippen molar-refractivity contribution in [1.82, 2.24) is 3.97 Å². The van der Waals surface area contributed by atoms with Crippen molar-refractivity contribution in [3.05, 3.63) is 34.5 Å². The fourth-order valence-corrected chi connectivity index (χ4v) is 1.94. The van der Waals surface area contributed by atoms with E-state index >= 15 is 0 Å². The molecule has 0 aliphatic rings. The molecule has 1 nitrogen and oxygen atoms in total. The average molecular weight is 234 g/mol. The number of aromatic nitrogens is 1. The summed E-state index contributed by atoms with van der Waals surface area (Å²) in [4.78, 5) is 0. The van der Waals surface area contributed by atoms with Gasteiger partial charge in [-0.25, -0.2) is 8.78 Å². The Morgan fingerprint density at radius 1 is 1.36 bits per heavy atom. The number of benzene rings is 1. The molecule has 0 N–H and O–H groups in total. The molecule has 0 aliphatic carbocycles. The first-order valence-corrected chi connectivity index (χ1v) is 4.65. The molecule has 0 aliphatic heterocycles. The van der Waals surface area contributed by atoms with Crippen LogP contribution in [-0.4, -0.2) is 3.97 Å². The van der Waals surface area contributed by atoms with Gasteiger partial charge in [-0.1, -0.05) is 24.4 Å². The molecule has 0 amide bonds. The number of thiol groups is 1. The van der Waals surface area contributed by atoms with Gasteiger partial charge in [0.1, 0.15) is 5.15 Å². The van der Waals surface area contributed by atoms with Crippen molar-refractivity contribution in [2.75, 3.05) is 0 Å². The molecular weight excluding hydrogens is 228 g/mol. The third-order valence-electron chi connectivity index (χ3n) is 2.17. The maximum absolute atomic E-state index is 13.4. The predicted molar refractivity (Wildman–Crippen MR) is 56.0 cm³/mol. The summed E-state index contributed by atoms with van der Waals surface area (Å²) >= 11 is 9.90. The van der Waals surface area contributed by atoms with E-state index in [4.69, 9.17) is 11.6 Å². The molecular formula is C9H6ClF2NS. The molecule has 0 saturated carbocycles. The van der Waals surface area contributed by atoms with E-state index in [1.165, 1.54) is 10.0 Å². The number of hydrogen-bond donors (Lipinski definition) is 1. The smallest absolute Gasteiger partial charge is 0.168 e. The molecule has 0 atom stereocenters. The Morgan fingerprint density at radius 2 is 2.00 bits per heavy atom. The van der Waals surface area contributed by atoms with Gasteiger partial charge in [-0.05, 0) is 24.6 Å². The highest BCUT2D eigenvalue weighted by Gasteiger charge is 2.16. The molecule has 0 bridgehead atoms. The van der Waals surface area contributed by atoms with Crippen molar-refractivity contribution in [1.29, 1.82) is 0 Å². The molecule has 1 aromatic carbocycles. The van der Waals surface area contributed by atoms with Crippen LogP contribution in [0.15, 0.2) is 12.1 Å². The van der Waals surface area contributed by atoms with Crippen LogP contribution < -0.4 is 0 Å². The van der Waals surface area contributed by atoms with E-state index in [-0.39, 0.29) is 5.39 Å². The van der Waals surface area contributed by atoms with E-state index in [1.54, 1.807) is 6.92 Å². The third kappa shape index (κ3) is 1.14. The number of fused-ring (bicyclic) bond motifs is 1. The van der Waals surface area contributed by atoms with E-state index in [1.807, 2.05) is 0 Å². The number of hydrogen-bond acceptors (Lipinski definition) is 1. The third-order valence-corrected chi connectivity index (χ3v) is 3.16. The summed E-state index contributed by atoms with van der Waals surface area (Å²) in [6, 6.07) is 2.50. The Morgan fingerprint density at radius 3 is 2.64 bits per heavy atom. The maximum atomic E-state index is 13.4. The zero-order valence-corrected chi connectivity index (χ0v) is 8.83. The second kappa shape index (κ2) is 3.14. The number of rotatable bonds is 0. The van der Waals surface area contributed by atoms with Crippen molar-refractivity contribution in [3.8, 4) is 0 Å². The van der Waals surface area contributed by atoms with Gasteiger partial charge >= 0.3 is 0 Å². The molecule has 0 spiro atoms. The first-order valence-electron chi connectivity index (χ1n) is 3.87. The van der Waals surface area contributed by atoms with Crippen molar-refractivity contribution in [2.45, 2.75) is 6.92 Å². The van der Waals surface area contributed by atoms with Crippen molar-refractivity contribution < 1.29 is 8.78 Å². The van der Waals surface area contributed by atoms with E-state index in [2.05, 4.69) is 12.8 Å². The Hall–Kier alpha value is -0.740. The monoisotopic (exact) mass is 233 g/mol. The lowest BCUT2D eigenvalue weighted by atomic mass is 10.2. The fourth-order valence-electron chi connectivity index (χ4n) is 1.44. The normalized spacial score (nSPS) is 11.2. The van der Waals surface area contributed by atoms with Gasteiger partial charge in [0, 0.05) is 5.39 Å². The highest BCUT2D eigenvalue weighted by molar-refractivity contribution is 7.78. The van der Waals surface area contributed by atoms with Gasteiger partial charge in [-0.3, -0.25) is 3.97 Å². The van der Waals surface area contributed by atoms with Crippen molar-refractivity contribution in [3.63, 3.8) is 0 Å². The van der Waals surface area contributed by atoms with Gasteiger partial charge < -0.3 is 0 Å². The van der Waals surface area contributed by atoms with Crippen LogP contribution in [0.2, 0.25) is 5.15 Å². The molecule has 74 valence electrons. The highest BCUT2D eigenvalue weighted by Crippen LogP contribution is 2.32. The lowest BCUT2D eigenvalue weighted by molar-refractivity contribution is 0.517. The van der Waals surface area contributed by atoms with Crippen LogP contribution in [0.4, 0.5) is 8.78 Å². The number of aryl methyl sites for hydroxylation is 1. The minimum absolute atomic E-state index is 0.185. The van der Waals surface area contributed by atoms with Crippen molar-refractivity contribution in [2.24, 2.45) is 0 Å². The van der Waals surface area contributed by atoms with Gasteiger partial charge in [0.05, 0.1) is 5.52 Å². The van der Waals surface area contributed by atoms with Crippen LogP contribution in [-0.2, 0) is 0 Å². The first-order chi connectivity index (χ1) is 6.54. The number of halogens is 3. The molecule has 0 unspecified atom stereocenters. The summed E-state index contributed by atoms with van der Waals surface area (Å²) in [5.74, 6) is -1.76. The molecule has 0 fully saturated rings. The lowest BCUT2D eigenvalue weighted by Crippen LogP contribution is -1.85. The second-order valence-electron chi connectivity index (χ2n) is 2.98. The van der Waals surface area contributed by atoms with Crippen LogP contribution in [0.3, 0.4) is 0 Å². The Labute approximate surface area is 89.8 Å². The maximum Gasteiger partial charge on any atom is 0.168 e. The van der Waals surface area contributed by atoms with Gasteiger partial charge in [-0.2, -0.15) is 0 Å². The van der Waals surface area contributed by atoms with Gasteiger partial charge in [0.25, 0.3) is 0 Å². The lowest BCUT2D eigenvalue weighted by Gasteiger charge is -1.97. The van der Waals surface area contributed by atoms with Crippen LogP contribution in [0.1, 0.15) is 5.56 Å². The molecule has 2 aromatic rings. The van der Waals surface area contributed by atoms with Gasteiger partial charge in [0.2, 0.25) is 0 Å². The topological polar surface area (TPSA) is 4.93 Å². The Balaban J connectivity index is 3.03. The molecule has 2 rings (SSSR count). The molecule has 5 heteroatoms. The SMILES string of the molecule is Cc1c(Cl)n(S)c2ccc(F)c(F)c12. The summed E-state index contributed by atoms with van der Waals surface area (Å²) in [7, 11) is 0. The zero-order chi connectivity index (χ0) is 10.5. The molecule has 1 heterocycles. The Bertz CT molecular complexity index is 521. The predicted octanol–water partition coefficient (Wildman–Crippen LogP) is 3.57. The summed E-state index contributed by atoms with van der Waals surface area (Å²) < 4.78 is 27.6. The van der Waals surface area contributed by atoms with Crippen molar-refractivity contribution >= 4 is 35.3 Å². The Kier molecular flexibility index (Phi) is 2.20. The van der Waals surface area contributed by atoms with Crippen LogP contribution >= 0.6 is 24.4 Å². The first kappa shape index (κ1) is 9.80. The van der Waals surface area contributed by atoms with Crippen LogP contribution in [0.25, 0.3) is 10.9 Å². The fraction of sp³-hybridized carbons (Fsp3) is 0.111. The largest absolute Gasteiger partial charge is 0.276 e. The van der Waals surface area contributed by atoms with E-state index in [0.717, 1.165) is 6.07 Å². The van der Waals surface area contributed by atoms with Gasteiger partial charge in [0.15, 0.2) is 11.6 Å². The zero-order valence-electron chi connectivity index (χ0n) is 7.18. The molecule has 14 heavy (non-hydrogen) atoms. The van der Waals surface area contributed by atoms with Crippen LogP contribution in [0, 0.1) is 18.6 Å². The van der Waals surface area contributed by atoms with Gasteiger partial charge in [-0.15, -0.1) is 0 Å². The minimum Gasteiger partial charge on any atom is -0.276 e. The molecule has 0 saturated heterocycles. The van der Waals surface area contributed by atoms with Crippen LogP contribution in [0.5, 0.6) is 0 Å². The van der Waals surface area contributed by atoms with E-state index in [9.17, 15) is 8.78 Å². The summed E-state index contributed by atoms with van der Waals surface area (Å²) in [6.07, 6.45) is 0. The summed E-state index contributed by atoms with van der Waals surface area (Å²) in [6.45, 7) is 1.62. The quantitative estimate of drug-likeness (QED) is 0.664. The summed E-state index contributed by atoms with van der Waals surface area (Å²) in [5.41, 5.74) is 0.961. The average Bonchev–Trinajstić information content (AvgIpc) is 2.38. The highest BCUT2D eigenvalue weighted by atomic mass is 35.5. The number of nitrogens with zero attached hydrogens (tertiary/aromatic N) is 1. The van der Waals surface area contributed by atoms with E-state index < -0.39 is 11.6 Å². The van der Waals surface area contributed by atoms with E-state index in [0.29, 0.717) is 16.2 Å². The molecule has 0 radical (unpaired) electrons. The second-order valence-corrected chi connectivity index (χ2v) is 3.74. The summed E-state index contributed by atoms with van der Waals surface area (Å²) in [5, 5.41) is 0.484. The minimum atomic E-state index is -0.880. The standard InChI is InChI=1S/C9H6ClF2NS/c1-4-7-6(13(14)9(4)10)3-2-5(11)8(7)12/h2-3,14H,1H3.